The van der Waals surface area contributed by atoms with Crippen molar-refractivity contribution in [2.75, 3.05) is 13.6 Å². The molecule has 0 aromatic carbocycles. The zero-order valence-corrected chi connectivity index (χ0v) is 11.2. The normalized spacial score (nSPS) is 11.3. The standard InChI is InChI=1S/C11H15BrN2O2/c1-11(2,16)7-14(3)10(15)9-5-4-8(12)6-13-9/h4-6,16H,7H2,1-3H3. The number of aliphatic hydroxyl groups is 1. The Labute approximate surface area is 103 Å². The van der Waals surface area contributed by atoms with E-state index in [0.29, 0.717) is 5.69 Å². The summed E-state index contributed by atoms with van der Waals surface area (Å²) in [5.41, 5.74) is -0.533. The van der Waals surface area contributed by atoms with Gasteiger partial charge in [0.2, 0.25) is 0 Å². The summed E-state index contributed by atoms with van der Waals surface area (Å²) in [4.78, 5) is 17.3. The van der Waals surface area contributed by atoms with Gasteiger partial charge in [-0.2, -0.15) is 0 Å². The first-order valence-electron chi connectivity index (χ1n) is 4.89. The molecule has 0 spiro atoms. The molecule has 0 saturated carbocycles. The summed E-state index contributed by atoms with van der Waals surface area (Å²) >= 11 is 3.25. The smallest absolute Gasteiger partial charge is 0.272 e. The number of hydrogen-bond donors (Lipinski definition) is 1. The zero-order chi connectivity index (χ0) is 12.3. The fourth-order valence-electron chi connectivity index (χ4n) is 1.35. The van der Waals surface area contributed by atoms with Crippen molar-refractivity contribution in [2.45, 2.75) is 19.4 Å². The Morgan fingerprint density at radius 1 is 1.56 bits per heavy atom. The van der Waals surface area contributed by atoms with Crippen molar-refractivity contribution in [1.82, 2.24) is 9.88 Å². The van der Waals surface area contributed by atoms with Crippen molar-refractivity contribution >= 4 is 21.8 Å². The van der Waals surface area contributed by atoms with Crippen LogP contribution in [0.5, 0.6) is 0 Å². The fourth-order valence-corrected chi connectivity index (χ4v) is 1.58. The summed E-state index contributed by atoms with van der Waals surface area (Å²) in [7, 11) is 1.64. The molecule has 1 aromatic rings. The molecule has 0 radical (unpaired) electrons. The second-order valence-corrected chi connectivity index (χ2v) is 5.25. The summed E-state index contributed by atoms with van der Waals surface area (Å²) in [6.45, 7) is 3.58. The van der Waals surface area contributed by atoms with Crippen LogP contribution in [0.15, 0.2) is 22.8 Å². The topological polar surface area (TPSA) is 53.4 Å². The number of halogens is 1. The highest BCUT2D eigenvalue weighted by molar-refractivity contribution is 9.10. The van der Waals surface area contributed by atoms with E-state index < -0.39 is 5.60 Å². The number of pyridine rings is 1. The number of rotatable bonds is 3. The average molecular weight is 287 g/mol. The Kier molecular flexibility index (Phi) is 4.04. The van der Waals surface area contributed by atoms with Crippen molar-refractivity contribution < 1.29 is 9.90 Å². The number of likely N-dealkylation sites (N-methyl/N-ethyl adjacent to an activating group) is 1. The van der Waals surface area contributed by atoms with Gasteiger partial charge < -0.3 is 10.0 Å². The first kappa shape index (κ1) is 13.1. The minimum Gasteiger partial charge on any atom is -0.389 e. The number of nitrogens with zero attached hydrogens (tertiary/aromatic N) is 2. The van der Waals surface area contributed by atoms with E-state index in [9.17, 15) is 9.90 Å². The molecule has 0 atom stereocenters. The van der Waals surface area contributed by atoms with Crippen LogP contribution in [-0.4, -0.2) is 40.1 Å². The molecule has 1 rings (SSSR count). The number of carbonyl (C=O) groups is 1. The maximum Gasteiger partial charge on any atom is 0.272 e. The third kappa shape index (κ3) is 3.90. The quantitative estimate of drug-likeness (QED) is 0.920. The Bertz CT molecular complexity index is 371. The molecule has 1 N–H and O–H groups in total. The number of carbonyl (C=O) groups excluding carboxylic acids is 1. The van der Waals surface area contributed by atoms with E-state index in [1.807, 2.05) is 0 Å². The van der Waals surface area contributed by atoms with Crippen LogP contribution in [0, 0.1) is 0 Å². The molecule has 1 aromatic heterocycles. The lowest BCUT2D eigenvalue weighted by atomic mass is 10.1. The van der Waals surface area contributed by atoms with Gasteiger partial charge >= 0.3 is 0 Å². The van der Waals surface area contributed by atoms with Gasteiger partial charge in [0.1, 0.15) is 5.69 Å². The fraction of sp³-hybridized carbons (Fsp3) is 0.455. The van der Waals surface area contributed by atoms with Crippen molar-refractivity contribution in [3.05, 3.63) is 28.5 Å². The van der Waals surface area contributed by atoms with E-state index in [4.69, 9.17) is 0 Å². The van der Waals surface area contributed by atoms with Gasteiger partial charge in [-0.05, 0) is 41.9 Å². The van der Waals surface area contributed by atoms with E-state index in [0.717, 1.165) is 4.47 Å². The molecule has 0 aliphatic heterocycles. The van der Waals surface area contributed by atoms with Gasteiger partial charge in [-0.3, -0.25) is 4.79 Å². The predicted molar refractivity (Wildman–Crippen MR) is 65.2 cm³/mol. The van der Waals surface area contributed by atoms with Crippen LogP contribution in [-0.2, 0) is 0 Å². The highest BCUT2D eigenvalue weighted by Crippen LogP contribution is 2.10. The third-order valence-corrected chi connectivity index (χ3v) is 2.39. The maximum absolute atomic E-state index is 11.9. The molecule has 1 amide bonds. The molecule has 4 nitrogen and oxygen atoms in total. The van der Waals surface area contributed by atoms with Gasteiger partial charge in [0.25, 0.3) is 5.91 Å². The first-order valence-corrected chi connectivity index (χ1v) is 5.68. The van der Waals surface area contributed by atoms with Gasteiger partial charge in [-0.15, -0.1) is 0 Å². The Balaban J connectivity index is 2.74. The Morgan fingerprint density at radius 2 is 2.19 bits per heavy atom. The van der Waals surface area contributed by atoms with E-state index in [-0.39, 0.29) is 12.5 Å². The summed E-state index contributed by atoms with van der Waals surface area (Å²) in [5.74, 6) is -0.199. The van der Waals surface area contributed by atoms with Gasteiger partial charge in [0.15, 0.2) is 0 Å². The number of aromatic nitrogens is 1. The highest BCUT2D eigenvalue weighted by atomic mass is 79.9. The van der Waals surface area contributed by atoms with Gasteiger partial charge in [0.05, 0.1) is 5.60 Å². The van der Waals surface area contributed by atoms with Gasteiger partial charge in [0, 0.05) is 24.3 Å². The molecule has 1 heterocycles. The Morgan fingerprint density at radius 3 is 2.62 bits per heavy atom. The molecule has 0 aliphatic rings. The SMILES string of the molecule is CN(CC(C)(C)O)C(=O)c1ccc(Br)cn1. The molecule has 16 heavy (non-hydrogen) atoms. The van der Waals surface area contributed by atoms with Crippen LogP contribution in [0.4, 0.5) is 0 Å². The lowest BCUT2D eigenvalue weighted by Crippen LogP contribution is -2.39. The monoisotopic (exact) mass is 286 g/mol. The highest BCUT2D eigenvalue weighted by Gasteiger charge is 2.20. The molecule has 0 unspecified atom stereocenters. The molecule has 0 bridgehead atoms. The Hall–Kier alpha value is -0.940. The van der Waals surface area contributed by atoms with Crippen molar-refractivity contribution in [3.63, 3.8) is 0 Å². The summed E-state index contributed by atoms with van der Waals surface area (Å²) in [6, 6.07) is 3.41. The second kappa shape index (κ2) is 4.93. The van der Waals surface area contributed by atoms with Crippen LogP contribution < -0.4 is 0 Å². The van der Waals surface area contributed by atoms with E-state index in [1.54, 1.807) is 39.2 Å². The number of hydrogen-bond acceptors (Lipinski definition) is 3. The van der Waals surface area contributed by atoms with Crippen LogP contribution in [0.1, 0.15) is 24.3 Å². The summed E-state index contributed by atoms with van der Waals surface area (Å²) in [6.07, 6.45) is 1.57. The first-order chi connectivity index (χ1) is 7.29. The van der Waals surface area contributed by atoms with Gasteiger partial charge in [-0.25, -0.2) is 4.98 Å². The summed E-state index contributed by atoms with van der Waals surface area (Å²) in [5, 5.41) is 9.61. The third-order valence-electron chi connectivity index (χ3n) is 1.92. The van der Waals surface area contributed by atoms with Gasteiger partial charge in [-0.1, -0.05) is 0 Å². The molecule has 0 saturated heterocycles. The van der Waals surface area contributed by atoms with Crippen molar-refractivity contribution in [1.29, 1.82) is 0 Å². The van der Waals surface area contributed by atoms with Crippen LogP contribution in [0.3, 0.4) is 0 Å². The molecule has 0 fully saturated rings. The molecular formula is C11H15BrN2O2. The predicted octanol–water partition coefficient (Wildman–Crippen LogP) is 1.69. The number of amides is 1. The van der Waals surface area contributed by atoms with Crippen LogP contribution in [0.25, 0.3) is 0 Å². The zero-order valence-electron chi connectivity index (χ0n) is 9.57. The van der Waals surface area contributed by atoms with Crippen LogP contribution >= 0.6 is 15.9 Å². The van der Waals surface area contributed by atoms with E-state index >= 15 is 0 Å². The largest absolute Gasteiger partial charge is 0.389 e. The molecule has 88 valence electrons. The van der Waals surface area contributed by atoms with E-state index in [2.05, 4.69) is 20.9 Å². The second-order valence-electron chi connectivity index (χ2n) is 4.34. The van der Waals surface area contributed by atoms with Crippen LogP contribution in [0.2, 0.25) is 0 Å². The van der Waals surface area contributed by atoms with E-state index in [1.165, 1.54) is 4.90 Å². The maximum atomic E-state index is 11.9. The van der Waals surface area contributed by atoms with Crippen molar-refractivity contribution in [2.24, 2.45) is 0 Å². The molecular weight excluding hydrogens is 272 g/mol. The minimum atomic E-state index is -0.903. The van der Waals surface area contributed by atoms with Crippen molar-refractivity contribution in [3.8, 4) is 0 Å². The lowest BCUT2D eigenvalue weighted by molar-refractivity contribution is 0.0365. The minimum absolute atomic E-state index is 0.199. The molecule has 0 aliphatic carbocycles. The lowest BCUT2D eigenvalue weighted by Gasteiger charge is -2.25. The molecule has 5 heteroatoms. The average Bonchev–Trinajstić information content (AvgIpc) is 2.15. The summed E-state index contributed by atoms with van der Waals surface area (Å²) < 4.78 is 0.828.